The van der Waals surface area contributed by atoms with Gasteiger partial charge in [0.1, 0.15) is 12.7 Å². The van der Waals surface area contributed by atoms with E-state index >= 15 is 0 Å². The SMILES string of the molecule is O=C(OC[C@H]1O[C@](Cc2ccccc2)(OP(=O)(O)O)[C@@](Cc2ccccc2)(OC(=O)c2ccccc2)[C@H](OC(=O)c2ccccc2)[C@H]1OC(=O)c1ccccc1)c1ccccc1. The first-order chi connectivity index (χ1) is 30.0. The second kappa shape index (κ2) is 19.3. The number of phosphoric ester groups is 1. The second-order valence-electron chi connectivity index (χ2n) is 14.4. The minimum absolute atomic E-state index is 0.00499. The van der Waals surface area contributed by atoms with E-state index in [0.717, 1.165) is 0 Å². The van der Waals surface area contributed by atoms with Crippen LogP contribution in [0.2, 0.25) is 0 Å². The summed E-state index contributed by atoms with van der Waals surface area (Å²) in [5, 5.41) is 0. The lowest BCUT2D eigenvalue weighted by molar-refractivity contribution is -0.376. The molecule has 1 saturated heterocycles. The van der Waals surface area contributed by atoms with Crippen LogP contribution in [-0.2, 0) is 45.6 Å². The van der Waals surface area contributed by atoms with E-state index < -0.39 is 80.8 Å². The molecule has 0 saturated carbocycles. The molecule has 0 unspecified atom stereocenters. The number of hydrogen-bond acceptors (Lipinski definition) is 11. The van der Waals surface area contributed by atoms with Crippen molar-refractivity contribution in [3.63, 3.8) is 0 Å². The van der Waals surface area contributed by atoms with Gasteiger partial charge in [0, 0.05) is 12.8 Å². The summed E-state index contributed by atoms with van der Waals surface area (Å²) in [4.78, 5) is 78.8. The molecule has 6 aromatic carbocycles. The van der Waals surface area contributed by atoms with Gasteiger partial charge in [-0.2, -0.15) is 0 Å². The van der Waals surface area contributed by atoms with Crippen molar-refractivity contribution in [2.24, 2.45) is 0 Å². The topological polar surface area (TPSA) is 181 Å². The van der Waals surface area contributed by atoms with Crippen LogP contribution in [0, 0.1) is 0 Å². The molecule has 7 rings (SSSR count). The van der Waals surface area contributed by atoms with Crippen LogP contribution in [0.5, 0.6) is 0 Å². The van der Waals surface area contributed by atoms with Gasteiger partial charge >= 0.3 is 31.7 Å². The molecule has 0 aliphatic carbocycles. The van der Waals surface area contributed by atoms with E-state index in [1.165, 1.54) is 48.5 Å². The Morgan fingerprint density at radius 1 is 0.516 bits per heavy atom. The summed E-state index contributed by atoms with van der Waals surface area (Å²) in [5.74, 6) is -6.65. The summed E-state index contributed by atoms with van der Waals surface area (Å²) in [6.45, 7) is -0.755. The van der Waals surface area contributed by atoms with Gasteiger partial charge in [0.05, 0.1) is 22.3 Å². The molecule has 2 N–H and O–H groups in total. The predicted octanol–water partition coefficient (Wildman–Crippen LogP) is 7.58. The van der Waals surface area contributed by atoms with Gasteiger partial charge in [0.15, 0.2) is 12.2 Å². The summed E-state index contributed by atoms with van der Waals surface area (Å²) in [5.41, 5.74) is -1.67. The van der Waals surface area contributed by atoms with Gasteiger partial charge in [-0.05, 0) is 59.7 Å². The number of benzene rings is 6. The number of esters is 4. The third-order valence-electron chi connectivity index (χ3n) is 10.1. The zero-order valence-electron chi connectivity index (χ0n) is 33.0. The first-order valence-electron chi connectivity index (χ1n) is 19.5. The van der Waals surface area contributed by atoms with E-state index in [0.29, 0.717) is 11.1 Å². The lowest BCUT2D eigenvalue weighted by atomic mass is 9.73. The molecule has 1 fully saturated rings. The van der Waals surface area contributed by atoms with Crippen LogP contribution >= 0.6 is 7.82 Å². The minimum Gasteiger partial charge on any atom is -0.459 e. The van der Waals surface area contributed by atoms with Crippen LogP contribution < -0.4 is 0 Å². The van der Waals surface area contributed by atoms with E-state index in [1.807, 2.05) is 0 Å². The van der Waals surface area contributed by atoms with Crippen molar-refractivity contribution in [2.75, 3.05) is 6.61 Å². The van der Waals surface area contributed by atoms with Gasteiger partial charge < -0.3 is 33.5 Å². The fourth-order valence-corrected chi connectivity index (χ4v) is 7.99. The molecule has 1 heterocycles. The molecule has 5 atom stereocenters. The van der Waals surface area contributed by atoms with E-state index in [1.54, 1.807) is 133 Å². The Bertz CT molecular complexity index is 2490. The summed E-state index contributed by atoms with van der Waals surface area (Å²) in [7, 11) is -5.74. The molecule has 1 aliphatic rings. The smallest absolute Gasteiger partial charge is 0.459 e. The van der Waals surface area contributed by atoms with Crippen LogP contribution in [0.25, 0.3) is 0 Å². The van der Waals surface area contributed by atoms with Gasteiger partial charge in [0.2, 0.25) is 11.4 Å². The molecular formula is C48H41O13P. The Morgan fingerprint density at radius 2 is 0.903 bits per heavy atom. The highest BCUT2D eigenvalue weighted by atomic mass is 31.2. The van der Waals surface area contributed by atoms with Crippen LogP contribution in [0.4, 0.5) is 0 Å². The highest BCUT2D eigenvalue weighted by molar-refractivity contribution is 7.46. The van der Waals surface area contributed by atoms with Gasteiger partial charge in [-0.3, -0.25) is 0 Å². The monoisotopic (exact) mass is 856 g/mol. The van der Waals surface area contributed by atoms with Crippen molar-refractivity contribution >= 4 is 31.7 Å². The molecule has 316 valence electrons. The van der Waals surface area contributed by atoms with Crippen LogP contribution in [0.1, 0.15) is 52.6 Å². The number of ether oxygens (including phenoxy) is 5. The summed E-state index contributed by atoms with van der Waals surface area (Å²) < 4.78 is 51.3. The molecule has 13 nitrogen and oxygen atoms in total. The van der Waals surface area contributed by atoms with Gasteiger partial charge in [0.25, 0.3) is 0 Å². The van der Waals surface area contributed by atoms with Crippen molar-refractivity contribution in [3.8, 4) is 0 Å². The minimum atomic E-state index is -5.74. The first kappa shape index (κ1) is 43.4. The van der Waals surface area contributed by atoms with E-state index in [4.69, 9.17) is 28.2 Å². The van der Waals surface area contributed by atoms with Crippen molar-refractivity contribution in [1.29, 1.82) is 0 Å². The predicted molar refractivity (Wildman–Crippen MR) is 224 cm³/mol. The average Bonchev–Trinajstić information content (AvgIpc) is 3.29. The number of carbonyl (C=O) groups is 4. The molecule has 14 heteroatoms. The summed E-state index contributed by atoms with van der Waals surface area (Å²) in [6.07, 6.45) is -6.67. The fourth-order valence-electron chi connectivity index (χ4n) is 7.34. The molecule has 0 radical (unpaired) electrons. The molecule has 1 aliphatic heterocycles. The molecule has 0 aromatic heterocycles. The third-order valence-corrected chi connectivity index (χ3v) is 10.7. The first-order valence-corrected chi connectivity index (χ1v) is 21.0. The Kier molecular flexibility index (Phi) is 13.5. The quantitative estimate of drug-likeness (QED) is 0.0587. The van der Waals surface area contributed by atoms with Crippen molar-refractivity contribution in [2.45, 2.75) is 42.5 Å². The molecule has 0 spiro atoms. The largest absolute Gasteiger partial charge is 0.472 e. The number of hydrogen-bond donors (Lipinski definition) is 2. The lowest BCUT2D eigenvalue weighted by Gasteiger charge is -2.57. The number of rotatable bonds is 15. The van der Waals surface area contributed by atoms with Crippen LogP contribution in [-0.4, -0.2) is 70.0 Å². The normalized spacial score (nSPS) is 20.9. The summed E-state index contributed by atoms with van der Waals surface area (Å²) in [6, 6.07) is 47.9. The molecular weight excluding hydrogens is 815 g/mol. The Labute approximate surface area is 357 Å². The van der Waals surface area contributed by atoms with Crippen molar-refractivity contribution < 1.29 is 61.7 Å². The maximum absolute atomic E-state index is 14.7. The number of carbonyl (C=O) groups excluding carboxylic acids is 4. The highest BCUT2D eigenvalue weighted by Gasteiger charge is 2.72. The third kappa shape index (κ3) is 10.2. The number of phosphoric acid groups is 1. The zero-order valence-corrected chi connectivity index (χ0v) is 33.9. The Balaban J connectivity index is 1.52. The Morgan fingerprint density at radius 3 is 1.35 bits per heavy atom. The van der Waals surface area contributed by atoms with Gasteiger partial charge in [-0.1, -0.05) is 133 Å². The van der Waals surface area contributed by atoms with Crippen LogP contribution in [0.15, 0.2) is 182 Å². The van der Waals surface area contributed by atoms with Crippen LogP contribution in [0.3, 0.4) is 0 Å². The fraction of sp³-hybridized carbons (Fsp3) is 0.167. The van der Waals surface area contributed by atoms with Crippen molar-refractivity contribution in [3.05, 3.63) is 215 Å². The summed E-state index contributed by atoms with van der Waals surface area (Å²) >= 11 is 0. The maximum atomic E-state index is 14.7. The lowest BCUT2D eigenvalue weighted by Crippen LogP contribution is -2.77. The Hall–Kier alpha value is -6.73. The van der Waals surface area contributed by atoms with Gasteiger partial charge in [-0.25, -0.2) is 28.3 Å². The van der Waals surface area contributed by atoms with E-state index in [9.17, 15) is 33.5 Å². The second-order valence-corrected chi connectivity index (χ2v) is 15.5. The highest BCUT2D eigenvalue weighted by Crippen LogP contribution is 2.55. The van der Waals surface area contributed by atoms with E-state index in [-0.39, 0.29) is 22.3 Å². The molecule has 6 aromatic rings. The average molecular weight is 857 g/mol. The standard InChI is InChI=1S/C48H41O13P/c49-43(36-23-11-3-12-24-36)56-33-40-41(57-44(50)37-25-13-4-14-26-37)42(58-45(51)38-27-15-5-16-28-38)47(31-34-19-7-1-8-20-34,60-46(52)39-29-17-6-18-30-39)48(59-40,61-62(53,54)55)32-35-21-9-2-10-22-35/h1-30,40-42H,31-33H2,(H2,53,54,55)/t40-,41+,42-,47+,48-/m1/s1. The molecule has 62 heavy (non-hydrogen) atoms. The molecule has 0 bridgehead atoms. The zero-order chi connectivity index (χ0) is 43.6. The molecule has 0 amide bonds. The van der Waals surface area contributed by atoms with Gasteiger partial charge in [-0.15, -0.1) is 0 Å². The maximum Gasteiger partial charge on any atom is 0.472 e. The van der Waals surface area contributed by atoms with Crippen molar-refractivity contribution in [1.82, 2.24) is 0 Å². The van der Waals surface area contributed by atoms with E-state index in [2.05, 4.69) is 0 Å².